The van der Waals surface area contributed by atoms with Crippen LogP contribution in [0.2, 0.25) is 0 Å². The number of rotatable bonds is 6. The quantitative estimate of drug-likeness (QED) is 0.285. The summed E-state index contributed by atoms with van der Waals surface area (Å²) in [6.45, 7) is 10.9. The Balaban J connectivity index is 5.13. The summed E-state index contributed by atoms with van der Waals surface area (Å²) in [6, 6.07) is 0. The molecule has 15 heavy (non-hydrogen) atoms. The summed E-state index contributed by atoms with van der Waals surface area (Å²) >= 11 is 0. The van der Waals surface area contributed by atoms with Crippen molar-refractivity contribution in [2.45, 2.75) is 0 Å². The van der Waals surface area contributed by atoms with Gasteiger partial charge in [-0.05, 0) is 0 Å². The van der Waals surface area contributed by atoms with Gasteiger partial charge in [0.25, 0.3) is 5.91 Å². The molecule has 0 aliphatic carbocycles. The third-order valence-corrected chi connectivity index (χ3v) is 1.84. The van der Waals surface area contributed by atoms with Gasteiger partial charge in [-0.25, -0.2) is 0 Å². The van der Waals surface area contributed by atoms with Crippen LogP contribution in [0.5, 0.6) is 0 Å². The molecule has 0 rings (SSSR count). The lowest BCUT2D eigenvalue weighted by molar-refractivity contribution is -0.125. The summed E-state index contributed by atoms with van der Waals surface area (Å²) in [5.41, 5.74) is 0.496. The second-order valence-electron chi connectivity index (χ2n) is 2.87. The Morgan fingerprint density at radius 3 is 2.20 bits per heavy atom. The standard InChI is InChI=1S/C12H15NO2/c1-5-8-13(4)12(15)11(7-3)10(6-2)9-14/h5-7,9H,1-3,8H2,4H3/b11-10-. The molecule has 1 amide bonds. The molecular formula is C12H15NO2. The molecule has 0 aromatic rings. The number of carbonyl (C=O) groups excluding carboxylic acids is 2. The van der Waals surface area contributed by atoms with Crippen molar-refractivity contribution in [3.8, 4) is 0 Å². The minimum absolute atomic E-state index is 0.242. The molecule has 0 spiro atoms. The summed E-state index contributed by atoms with van der Waals surface area (Å²) < 4.78 is 0. The van der Waals surface area contributed by atoms with Crippen LogP contribution < -0.4 is 0 Å². The lowest BCUT2D eigenvalue weighted by Crippen LogP contribution is -2.28. The summed E-state index contributed by atoms with van der Waals surface area (Å²) in [6.07, 6.45) is 4.88. The molecule has 0 bridgehead atoms. The van der Waals surface area contributed by atoms with Gasteiger partial charge in [0.15, 0.2) is 6.29 Å². The zero-order chi connectivity index (χ0) is 11.8. The largest absolute Gasteiger partial charge is 0.338 e. The van der Waals surface area contributed by atoms with Crippen molar-refractivity contribution < 1.29 is 9.59 Å². The maximum Gasteiger partial charge on any atom is 0.254 e. The van der Waals surface area contributed by atoms with E-state index in [1.54, 1.807) is 13.1 Å². The van der Waals surface area contributed by atoms with Crippen LogP contribution in [0.4, 0.5) is 0 Å². The average molecular weight is 205 g/mol. The number of hydrogen-bond acceptors (Lipinski definition) is 2. The number of allylic oxidation sites excluding steroid dienone is 2. The summed E-state index contributed by atoms with van der Waals surface area (Å²) in [4.78, 5) is 23.9. The van der Waals surface area contributed by atoms with Crippen molar-refractivity contribution in [3.63, 3.8) is 0 Å². The normalized spacial score (nSPS) is 11.0. The van der Waals surface area contributed by atoms with E-state index >= 15 is 0 Å². The molecule has 0 aromatic heterocycles. The molecule has 0 radical (unpaired) electrons. The molecular weight excluding hydrogens is 190 g/mol. The molecule has 0 aliphatic rings. The molecule has 3 nitrogen and oxygen atoms in total. The Kier molecular flexibility index (Phi) is 5.71. The van der Waals surface area contributed by atoms with Gasteiger partial charge in [-0.2, -0.15) is 0 Å². The van der Waals surface area contributed by atoms with Gasteiger partial charge in [-0.15, -0.1) is 6.58 Å². The molecule has 0 saturated heterocycles. The van der Waals surface area contributed by atoms with Crippen LogP contribution in [0, 0.1) is 0 Å². The number of nitrogens with zero attached hydrogens (tertiary/aromatic N) is 1. The van der Waals surface area contributed by atoms with E-state index in [0.717, 1.165) is 0 Å². The van der Waals surface area contributed by atoms with Gasteiger partial charge in [0.05, 0.1) is 0 Å². The van der Waals surface area contributed by atoms with Crippen LogP contribution >= 0.6 is 0 Å². The maximum absolute atomic E-state index is 11.8. The lowest BCUT2D eigenvalue weighted by Gasteiger charge is -2.15. The second-order valence-corrected chi connectivity index (χ2v) is 2.87. The average Bonchev–Trinajstić information content (AvgIpc) is 2.25. The fourth-order valence-electron chi connectivity index (χ4n) is 1.03. The molecule has 0 N–H and O–H groups in total. The van der Waals surface area contributed by atoms with E-state index in [2.05, 4.69) is 19.7 Å². The van der Waals surface area contributed by atoms with E-state index in [4.69, 9.17) is 0 Å². The second kappa shape index (κ2) is 6.54. The topological polar surface area (TPSA) is 37.4 Å². The number of carbonyl (C=O) groups is 2. The first kappa shape index (κ1) is 13.1. The van der Waals surface area contributed by atoms with E-state index < -0.39 is 0 Å². The van der Waals surface area contributed by atoms with Gasteiger partial charge in [-0.3, -0.25) is 9.59 Å². The highest BCUT2D eigenvalue weighted by Crippen LogP contribution is 2.08. The highest BCUT2D eigenvalue weighted by molar-refractivity contribution is 6.02. The number of aldehydes is 1. The van der Waals surface area contributed by atoms with Crippen molar-refractivity contribution in [2.24, 2.45) is 0 Å². The number of likely N-dealkylation sites (N-methyl/N-ethyl adjacent to an activating group) is 1. The minimum Gasteiger partial charge on any atom is -0.338 e. The van der Waals surface area contributed by atoms with Crippen LogP contribution in [0.25, 0.3) is 0 Å². The van der Waals surface area contributed by atoms with Crippen molar-refractivity contribution in [3.05, 3.63) is 49.1 Å². The Bertz CT molecular complexity index is 317. The third-order valence-electron chi connectivity index (χ3n) is 1.84. The van der Waals surface area contributed by atoms with Crippen LogP contribution in [-0.4, -0.2) is 30.7 Å². The minimum atomic E-state index is -0.271. The summed E-state index contributed by atoms with van der Waals surface area (Å²) in [5.74, 6) is -0.271. The number of hydrogen-bond donors (Lipinski definition) is 0. The van der Waals surface area contributed by atoms with Crippen molar-refractivity contribution in [1.29, 1.82) is 0 Å². The molecule has 0 aliphatic heterocycles. The van der Waals surface area contributed by atoms with E-state index in [-0.39, 0.29) is 17.1 Å². The Labute approximate surface area is 90.1 Å². The van der Waals surface area contributed by atoms with Crippen LogP contribution in [0.15, 0.2) is 49.1 Å². The lowest BCUT2D eigenvalue weighted by atomic mass is 10.1. The van der Waals surface area contributed by atoms with Crippen molar-refractivity contribution in [1.82, 2.24) is 4.90 Å². The molecule has 80 valence electrons. The van der Waals surface area contributed by atoms with Crippen molar-refractivity contribution in [2.75, 3.05) is 13.6 Å². The highest BCUT2D eigenvalue weighted by Gasteiger charge is 2.13. The van der Waals surface area contributed by atoms with Gasteiger partial charge < -0.3 is 4.90 Å². The van der Waals surface area contributed by atoms with Crippen molar-refractivity contribution >= 4 is 12.2 Å². The summed E-state index contributed by atoms with van der Waals surface area (Å²) in [5, 5.41) is 0. The molecule has 0 unspecified atom stereocenters. The SMILES string of the molecule is C=CCN(C)C(=O)/C(C=C)=C(/C=C)C=O. The van der Waals surface area contributed by atoms with Gasteiger partial charge in [0.2, 0.25) is 0 Å². The monoisotopic (exact) mass is 205 g/mol. The molecule has 0 heterocycles. The van der Waals surface area contributed by atoms with E-state index in [1.807, 2.05) is 0 Å². The maximum atomic E-state index is 11.8. The van der Waals surface area contributed by atoms with E-state index in [9.17, 15) is 9.59 Å². The Morgan fingerprint density at radius 2 is 1.87 bits per heavy atom. The van der Waals surface area contributed by atoms with Crippen LogP contribution in [0.3, 0.4) is 0 Å². The smallest absolute Gasteiger partial charge is 0.254 e. The van der Waals surface area contributed by atoms with E-state index in [1.165, 1.54) is 17.1 Å². The predicted octanol–water partition coefficient (Wildman–Crippen LogP) is 1.50. The zero-order valence-corrected chi connectivity index (χ0v) is 8.90. The predicted molar refractivity (Wildman–Crippen MR) is 61.3 cm³/mol. The first-order valence-electron chi connectivity index (χ1n) is 4.43. The summed E-state index contributed by atoms with van der Waals surface area (Å²) in [7, 11) is 1.62. The van der Waals surface area contributed by atoms with Gasteiger partial charge in [0.1, 0.15) is 0 Å². The van der Waals surface area contributed by atoms with Crippen LogP contribution in [0.1, 0.15) is 0 Å². The fourth-order valence-corrected chi connectivity index (χ4v) is 1.03. The highest BCUT2D eigenvalue weighted by atomic mass is 16.2. The fraction of sp³-hybridized carbons (Fsp3) is 0.167. The van der Waals surface area contributed by atoms with E-state index in [0.29, 0.717) is 12.8 Å². The molecule has 3 heteroatoms. The first-order valence-corrected chi connectivity index (χ1v) is 4.43. The van der Waals surface area contributed by atoms with Crippen LogP contribution in [-0.2, 0) is 9.59 Å². The Morgan fingerprint density at radius 1 is 1.27 bits per heavy atom. The molecule has 0 fully saturated rings. The number of amides is 1. The van der Waals surface area contributed by atoms with Gasteiger partial charge in [0, 0.05) is 24.7 Å². The Hall–Kier alpha value is -1.90. The van der Waals surface area contributed by atoms with Gasteiger partial charge in [-0.1, -0.05) is 31.4 Å². The molecule has 0 aromatic carbocycles. The molecule has 0 saturated carbocycles. The zero-order valence-electron chi connectivity index (χ0n) is 8.90. The first-order chi connectivity index (χ1) is 7.12. The third kappa shape index (κ3) is 3.38. The van der Waals surface area contributed by atoms with Gasteiger partial charge >= 0.3 is 0 Å². The molecule has 0 atom stereocenters.